The number of hydrogen-bond acceptors (Lipinski definition) is 3. The molecule has 0 spiro atoms. The van der Waals surface area contributed by atoms with E-state index in [1.165, 1.54) is 0 Å². The molecule has 5 heteroatoms. The molecule has 0 saturated heterocycles. The molecule has 3 nitrogen and oxygen atoms in total. The Bertz CT molecular complexity index is 600. The zero-order valence-corrected chi connectivity index (χ0v) is 9.16. The van der Waals surface area contributed by atoms with Gasteiger partial charge in [-0.2, -0.15) is 0 Å². The molecule has 0 fully saturated rings. The molecule has 0 aliphatic rings. The quantitative estimate of drug-likeness (QED) is 0.649. The molecular weight excluding hydrogens is 230 g/mol. The molecular formula is C10H6ClN3S. The Kier molecular flexibility index (Phi) is 1.97. The van der Waals surface area contributed by atoms with E-state index in [-0.39, 0.29) is 0 Å². The normalized spacial score (nSPS) is 11.0. The van der Waals surface area contributed by atoms with Crippen LogP contribution in [0.3, 0.4) is 0 Å². The fourth-order valence-electron chi connectivity index (χ4n) is 1.48. The van der Waals surface area contributed by atoms with Crippen LogP contribution in [0, 0.1) is 0 Å². The van der Waals surface area contributed by atoms with Crippen molar-refractivity contribution in [1.29, 1.82) is 0 Å². The number of nitrogens with zero attached hydrogens (tertiary/aromatic N) is 3. The highest BCUT2D eigenvalue weighted by atomic mass is 35.5. The van der Waals surface area contributed by atoms with Crippen molar-refractivity contribution in [3.05, 3.63) is 41.1 Å². The summed E-state index contributed by atoms with van der Waals surface area (Å²) in [7, 11) is 0. The van der Waals surface area contributed by atoms with Gasteiger partial charge in [0.2, 0.25) is 0 Å². The summed E-state index contributed by atoms with van der Waals surface area (Å²) < 4.78 is 1.95. The Labute approximate surface area is 95.0 Å². The zero-order chi connectivity index (χ0) is 10.3. The van der Waals surface area contributed by atoms with Crippen molar-refractivity contribution < 1.29 is 0 Å². The van der Waals surface area contributed by atoms with E-state index >= 15 is 0 Å². The third kappa shape index (κ3) is 1.33. The summed E-state index contributed by atoms with van der Waals surface area (Å²) in [6, 6.07) is 3.73. The van der Waals surface area contributed by atoms with Crippen LogP contribution in [0.4, 0.5) is 0 Å². The van der Waals surface area contributed by atoms with Crippen molar-refractivity contribution in [3.63, 3.8) is 0 Å². The summed E-state index contributed by atoms with van der Waals surface area (Å²) in [6.07, 6.45) is 5.51. The summed E-state index contributed by atoms with van der Waals surface area (Å²) in [5, 5.41) is 3.55. The molecule has 0 radical (unpaired) electrons. The van der Waals surface area contributed by atoms with Crippen molar-refractivity contribution in [2.75, 3.05) is 0 Å². The van der Waals surface area contributed by atoms with E-state index in [9.17, 15) is 0 Å². The zero-order valence-electron chi connectivity index (χ0n) is 7.59. The molecule has 0 bridgehead atoms. The number of halogens is 1. The Morgan fingerprint density at radius 1 is 1.33 bits per heavy atom. The topological polar surface area (TPSA) is 30.2 Å². The van der Waals surface area contributed by atoms with Crippen LogP contribution in [0.25, 0.3) is 16.3 Å². The minimum absolute atomic E-state index is 0.653. The molecule has 0 aliphatic carbocycles. The molecule has 0 N–H and O–H groups in total. The van der Waals surface area contributed by atoms with Crippen LogP contribution in [-0.4, -0.2) is 14.4 Å². The van der Waals surface area contributed by atoms with Gasteiger partial charge >= 0.3 is 0 Å². The maximum atomic E-state index is 6.03. The van der Waals surface area contributed by atoms with Crippen molar-refractivity contribution >= 4 is 28.6 Å². The van der Waals surface area contributed by atoms with Crippen LogP contribution in [0.15, 0.2) is 36.1 Å². The van der Waals surface area contributed by atoms with Crippen molar-refractivity contribution in [3.8, 4) is 10.7 Å². The average Bonchev–Trinajstić information content (AvgIpc) is 2.85. The van der Waals surface area contributed by atoms with Gasteiger partial charge in [-0.1, -0.05) is 11.6 Å². The molecule has 3 aromatic heterocycles. The molecule has 15 heavy (non-hydrogen) atoms. The number of pyridine rings is 1. The summed E-state index contributed by atoms with van der Waals surface area (Å²) in [5.41, 5.74) is 1.74. The first-order valence-electron chi connectivity index (χ1n) is 4.38. The minimum atomic E-state index is 0.653. The molecule has 0 aliphatic heterocycles. The van der Waals surface area contributed by atoms with Gasteiger partial charge in [0.15, 0.2) is 5.65 Å². The van der Waals surface area contributed by atoms with E-state index in [2.05, 4.69) is 9.97 Å². The van der Waals surface area contributed by atoms with E-state index in [0.29, 0.717) is 5.02 Å². The molecule has 3 rings (SSSR count). The van der Waals surface area contributed by atoms with Gasteiger partial charge in [-0.05, 0) is 12.1 Å². The van der Waals surface area contributed by atoms with Crippen molar-refractivity contribution in [1.82, 2.24) is 14.4 Å². The van der Waals surface area contributed by atoms with E-state index in [0.717, 1.165) is 16.3 Å². The summed E-state index contributed by atoms with van der Waals surface area (Å²) >= 11 is 7.62. The molecule has 3 heterocycles. The predicted molar refractivity (Wildman–Crippen MR) is 61.3 cm³/mol. The smallest absolute Gasteiger partial charge is 0.156 e. The van der Waals surface area contributed by atoms with E-state index in [4.69, 9.17) is 11.6 Å². The van der Waals surface area contributed by atoms with Gasteiger partial charge in [0.05, 0.1) is 11.2 Å². The molecule has 0 atom stereocenters. The lowest BCUT2D eigenvalue weighted by atomic mass is 10.4. The lowest BCUT2D eigenvalue weighted by Crippen LogP contribution is -1.87. The molecule has 0 amide bonds. The van der Waals surface area contributed by atoms with E-state index in [1.54, 1.807) is 23.7 Å². The fraction of sp³-hybridized carbons (Fsp3) is 0. The Hall–Kier alpha value is -1.39. The summed E-state index contributed by atoms with van der Waals surface area (Å²) in [4.78, 5) is 8.52. The van der Waals surface area contributed by atoms with Crippen molar-refractivity contribution in [2.24, 2.45) is 0 Å². The number of thiazole rings is 1. The third-order valence-corrected chi connectivity index (χ3v) is 3.23. The van der Waals surface area contributed by atoms with Crippen LogP contribution in [0.5, 0.6) is 0 Å². The second-order valence-corrected chi connectivity index (χ2v) is 4.33. The highest BCUT2D eigenvalue weighted by Crippen LogP contribution is 2.25. The molecule has 0 saturated carbocycles. The van der Waals surface area contributed by atoms with Gasteiger partial charge in [-0.3, -0.25) is 4.40 Å². The van der Waals surface area contributed by atoms with Crippen LogP contribution < -0.4 is 0 Å². The van der Waals surface area contributed by atoms with E-state index in [1.807, 2.05) is 28.1 Å². The van der Waals surface area contributed by atoms with Crippen LogP contribution in [0.2, 0.25) is 5.02 Å². The third-order valence-electron chi connectivity index (χ3n) is 2.14. The number of imidazole rings is 1. The van der Waals surface area contributed by atoms with Gasteiger partial charge in [0.1, 0.15) is 10.7 Å². The lowest BCUT2D eigenvalue weighted by molar-refractivity contribution is 1.18. The van der Waals surface area contributed by atoms with Gasteiger partial charge in [0, 0.05) is 17.8 Å². The van der Waals surface area contributed by atoms with Gasteiger partial charge in [-0.15, -0.1) is 11.3 Å². The highest BCUT2D eigenvalue weighted by molar-refractivity contribution is 7.13. The average molecular weight is 236 g/mol. The Balaban J connectivity index is 2.34. The Morgan fingerprint density at radius 3 is 3.07 bits per heavy atom. The first kappa shape index (κ1) is 8.88. The second kappa shape index (κ2) is 3.32. The van der Waals surface area contributed by atoms with Gasteiger partial charge in [-0.25, -0.2) is 9.97 Å². The predicted octanol–water partition coefficient (Wildman–Crippen LogP) is 3.11. The largest absolute Gasteiger partial charge is 0.296 e. The standard InChI is InChI=1S/C10H6ClN3S/c11-7-2-1-4-14-8(6-13-9(7)14)10-12-3-5-15-10/h1-6H. The number of rotatable bonds is 1. The SMILES string of the molecule is Clc1cccn2c(-c3nccs3)cnc12. The maximum Gasteiger partial charge on any atom is 0.156 e. The molecule has 0 aromatic carbocycles. The minimum Gasteiger partial charge on any atom is -0.296 e. The highest BCUT2D eigenvalue weighted by Gasteiger charge is 2.09. The summed E-state index contributed by atoms with van der Waals surface area (Å²) in [5.74, 6) is 0. The van der Waals surface area contributed by atoms with E-state index < -0.39 is 0 Å². The lowest BCUT2D eigenvalue weighted by Gasteiger charge is -1.98. The van der Waals surface area contributed by atoms with Crippen LogP contribution in [0.1, 0.15) is 0 Å². The monoisotopic (exact) mass is 235 g/mol. The number of hydrogen-bond donors (Lipinski definition) is 0. The molecule has 3 aromatic rings. The fourth-order valence-corrected chi connectivity index (χ4v) is 2.34. The Morgan fingerprint density at radius 2 is 2.27 bits per heavy atom. The van der Waals surface area contributed by atoms with Crippen molar-refractivity contribution in [2.45, 2.75) is 0 Å². The summed E-state index contributed by atoms with van der Waals surface area (Å²) in [6.45, 7) is 0. The van der Waals surface area contributed by atoms with Crippen LogP contribution in [-0.2, 0) is 0 Å². The van der Waals surface area contributed by atoms with Gasteiger partial charge < -0.3 is 0 Å². The molecule has 74 valence electrons. The van der Waals surface area contributed by atoms with Crippen LogP contribution >= 0.6 is 22.9 Å². The van der Waals surface area contributed by atoms with Gasteiger partial charge in [0.25, 0.3) is 0 Å². The first-order valence-corrected chi connectivity index (χ1v) is 5.63. The maximum absolute atomic E-state index is 6.03. The first-order chi connectivity index (χ1) is 7.36. The second-order valence-electron chi connectivity index (χ2n) is 3.03. The number of fused-ring (bicyclic) bond motifs is 1. The number of aromatic nitrogens is 3. The molecule has 0 unspecified atom stereocenters.